The Balaban J connectivity index is 0.869. The number of nitriles is 1. The van der Waals surface area contributed by atoms with Crippen LogP contribution in [0.1, 0.15) is 40.9 Å². The van der Waals surface area contributed by atoms with E-state index in [0.717, 1.165) is 22.6 Å². The molecule has 1 atom stereocenters. The number of rotatable bonds is 26. The number of ether oxygens (including phenoxy) is 6. The molecule has 0 spiro atoms. The number of aliphatic hydroxyl groups excluding tert-OH is 1. The first kappa shape index (κ1) is 51.2. The predicted molar refractivity (Wildman–Crippen MR) is 236 cm³/mol. The zero-order valence-electron chi connectivity index (χ0n) is 36.2. The van der Waals surface area contributed by atoms with E-state index in [2.05, 4.69) is 10.6 Å². The number of hydrogen-bond donors (Lipinski definition) is 3. The molecule has 20 heteroatoms. The van der Waals surface area contributed by atoms with Crippen molar-refractivity contribution < 1.29 is 65.1 Å². The lowest BCUT2D eigenvalue weighted by molar-refractivity contribution is -0.137. The summed E-state index contributed by atoms with van der Waals surface area (Å²) in [7, 11) is 0. The Morgan fingerprint density at radius 3 is 2.05 bits per heavy atom. The zero-order valence-corrected chi connectivity index (χ0v) is 37.0. The summed E-state index contributed by atoms with van der Waals surface area (Å²) >= 11 is 5.50. The van der Waals surface area contributed by atoms with Crippen molar-refractivity contribution in [3.05, 3.63) is 119 Å². The maximum atomic E-state index is 15.3. The van der Waals surface area contributed by atoms with Gasteiger partial charge in [-0.05, 0) is 92.3 Å². The number of nitrogens with zero attached hydrogens (tertiary/aromatic N) is 3. The van der Waals surface area contributed by atoms with Gasteiger partial charge < -0.3 is 49.1 Å². The summed E-state index contributed by atoms with van der Waals surface area (Å²) in [5, 5.41) is 24.9. The third kappa shape index (κ3) is 14.6. The number of benzene rings is 4. The summed E-state index contributed by atoms with van der Waals surface area (Å²) in [6.07, 6.45) is -5.61. The summed E-state index contributed by atoms with van der Waals surface area (Å²) < 4.78 is 103. The van der Waals surface area contributed by atoms with Crippen LogP contribution in [-0.2, 0) is 36.5 Å². The Hall–Kier alpha value is -5.79. The molecule has 1 fully saturated rings. The molecule has 354 valence electrons. The van der Waals surface area contributed by atoms with E-state index in [1.165, 1.54) is 55.1 Å². The molecule has 0 aromatic heterocycles. The molecule has 14 nitrogen and oxygen atoms in total. The second kappa shape index (κ2) is 24.7. The number of nitrogens with one attached hydrogen (secondary N) is 2. The van der Waals surface area contributed by atoms with E-state index < -0.39 is 46.6 Å². The monoisotopic (exact) mass is 943 g/mol. The van der Waals surface area contributed by atoms with Gasteiger partial charge in [0.05, 0.1) is 81.3 Å². The fraction of sp³-hybridized carbons (Fsp3) is 0.391. The van der Waals surface area contributed by atoms with Crippen LogP contribution < -0.4 is 29.9 Å². The van der Waals surface area contributed by atoms with Crippen molar-refractivity contribution in [1.29, 1.82) is 5.26 Å². The van der Waals surface area contributed by atoms with Crippen LogP contribution >= 0.6 is 12.2 Å². The molecule has 0 saturated carbocycles. The van der Waals surface area contributed by atoms with Crippen LogP contribution in [0, 0.1) is 23.0 Å². The minimum Gasteiger partial charge on any atom is -0.491 e. The topological polar surface area (TPSA) is 164 Å². The summed E-state index contributed by atoms with van der Waals surface area (Å²) in [4.78, 5) is 28.4. The Morgan fingerprint density at radius 1 is 0.818 bits per heavy atom. The average molecular weight is 944 g/mol. The van der Waals surface area contributed by atoms with Gasteiger partial charge in [0, 0.05) is 31.4 Å². The molecule has 66 heavy (non-hydrogen) atoms. The molecule has 2 amide bonds. The third-order valence-corrected chi connectivity index (χ3v) is 10.2. The van der Waals surface area contributed by atoms with Crippen LogP contribution in [0.3, 0.4) is 0 Å². The number of carbonyl (C=O) groups excluding carboxylic acids is 2. The van der Waals surface area contributed by atoms with E-state index in [9.17, 15) is 32.3 Å². The largest absolute Gasteiger partial charge is 0.491 e. The van der Waals surface area contributed by atoms with Crippen LogP contribution in [-0.4, -0.2) is 113 Å². The Labute approximate surface area is 384 Å². The van der Waals surface area contributed by atoms with Crippen molar-refractivity contribution in [3.8, 4) is 17.6 Å². The summed E-state index contributed by atoms with van der Waals surface area (Å²) in [5.41, 5.74) is -2.88. The van der Waals surface area contributed by atoms with E-state index in [4.69, 9.17) is 45.9 Å². The van der Waals surface area contributed by atoms with Crippen molar-refractivity contribution in [2.75, 3.05) is 88.9 Å². The van der Waals surface area contributed by atoms with E-state index in [1.807, 2.05) is 0 Å². The minimum absolute atomic E-state index is 0.0683. The number of alkyl halides is 3. The van der Waals surface area contributed by atoms with Gasteiger partial charge in [-0.15, -0.1) is 0 Å². The first-order valence-corrected chi connectivity index (χ1v) is 21.2. The maximum Gasteiger partial charge on any atom is 0.417 e. The van der Waals surface area contributed by atoms with Crippen LogP contribution in [0.15, 0.2) is 84.9 Å². The SMILES string of the molecule is CC1(C)C(=O)N(c2ccc(C#N)c(C(F)(F)F)c2)C(=S)N1c1ccc(C(=O)NCCOCCOCCOCCOCCNCC(O)COc2cccc(OCc3ccc(F)cc3)c2)c(F)c1. The molecule has 1 aliphatic rings. The van der Waals surface area contributed by atoms with Crippen LogP contribution in [0.2, 0.25) is 0 Å². The van der Waals surface area contributed by atoms with E-state index in [-0.39, 0.29) is 67.4 Å². The van der Waals surface area contributed by atoms with Gasteiger partial charge in [-0.25, -0.2) is 8.78 Å². The van der Waals surface area contributed by atoms with Crippen molar-refractivity contribution in [2.45, 2.75) is 38.3 Å². The Morgan fingerprint density at radius 2 is 1.42 bits per heavy atom. The number of halogens is 5. The molecule has 1 heterocycles. The summed E-state index contributed by atoms with van der Waals surface area (Å²) in [6.45, 7) is 6.65. The first-order chi connectivity index (χ1) is 31.6. The summed E-state index contributed by atoms with van der Waals surface area (Å²) in [6, 6.07) is 21.0. The van der Waals surface area contributed by atoms with Gasteiger partial charge in [-0.2, -0.15) is 18.4 Å². The molecule has 3 N–H and O–H groups in total. The van der Waals surface area contributed by atoms with Gasteiger partial charge in [0.15, 0.2) is 5.11 Å². The van der Waals surface area contributed by atoms with Crippen LogP contribution in [0.25, 0.3) is 0 Å². The van der Waals surface area contributed by atoms with E-state index in [0.29, 0.717) is 63.7 Å². The fourth-order valence-corrected chi connectivity index (χ4v) is 6.97. The van der Waals surface area contributed by atoms with Gasteiger partial charge in [0.25, 0.3) is 11.8 Å². The molecule has 4 aromatic rings. The van der Waals surface area contributed by atoms with Gasteiger partial charge in [-0.3, -0.25) is 14.5 Å². The molecule has 1 unspecified atom stereocenters. The van der Waals surface area contributed by atoms with Crippen LogP contribution in [0.5, 0.6) is 11.5 Å². The first-order valence-electron chi connectivity index (χ1n) is 20.8. The zero-order chi connectivity index (χ0) is 47.7. The van der Waals surface area contributed by atoms with Gasteiger partial charge in [0.1, 0.15) is 48.0 Å². The molecular formula is C46H50F5N5O9S. The smallest absolute Gasteiger partial charge is 0.417 e. The highest BCUT2D eigenvalue weighted by Gasteiger charge is 2.51. The quantitative estimate of drug-likeness (QED) is 0.0372. The van der Waals surface area contributed by atoms with Gasteiger partial charge in [-0.1, -0.05) is 18.2 Å². The number of hydrogen-bond acceptors (Lipinski definition) is 12. The molecule has 4 aromatic carbocycles. The number of aliphatic hydroxyl groups is 1. The minimum atomic E-state index is -4.87. The highest BCUT2D eigenvalue weighted by molar-refractivity contribution is 7.81. The number of thiocarbonyl (C=S) groups is 1. The molecular weight excluding hydrogens is 894 g/mol. The molecule has 0 aliphatic carbocycles. The number of anilines is 2. The maximum absolute atomic E-state index is 15.3. The van der Waals surface area contributed by atoms with E-state index in [1.54, 1.807) is 36.4 Å². The number of carbonyl (C=O) groups is 2. The second-order valence-corrected chi connectivity index (χ2v) is 15.5. The number of amides is 2. The standard InChI is InChI=1S/C46H50F5N5O9S/c1-45(2)43(59)55(34-11-8-32(27-52)40(24-34)46(49,50)51)44(66)56(45)35-12-13-39(41(48)25-35)42(58)54-15-17-61-19-21-63-23-22-62-20-18-60-16-14-53-28-36(57)30-65-38-5-3-4-37(26-38)64-29-31-6-9-33(47)10-7-31/h3-13,24-26,36,53,57H,14-23,28-30H2,1-2H3,(H,54,58). The second-order valence-electron chi connectivity index (χ2n) is 15.1. The molecule has 5 rings (SSSR count). The highest BCUT2D eigenvalue weighted by Crippen LogP contribution is 2.40. The van der Waals surface area contributed by atoms with Crippen molar-refractivity contribution in [1.82, 2.24) is 10.6 Å². The van der Waals surface area contributed by atoms with E-state index >= 15 is 4.39 Å². The lowest BCUT2D eigenvalue weighted by atomic mass is 10.0. The molecule has 0 radical (unpaired) electrons. The molecule has 1 saturated heterocycles. The van der Waals surface area contributed by atoms with Gasteiger partial charge in [0.2, 0.25) is 0 Å². The lowest BCUT2D eigenvalue weighted by Gasteiger charge is -2.29. The molecule has 1 aliphatic heterocycles. The third-order valence-electron chi connectivity index (χ3n) is 9.83. The summed E-state index contributed by atoms with van der Waals surface area (Å²) in [5.74, 6) is -1.50. The van der Waals surface area contributed by atoms with Crippen molar-refractivity contribution in [3.63, 3.8) is 0 Å². The molecule has 0 bridgehead atoms. The normalized spacial score (nSPS) is 14.0. The fourth-order valence-electron chi connectivity index (χ4n) is 6.45. The van der Waals surface area contributed by atoms with Crippen molar-refractivity contribution in [2.24, 2.45) is 0 Å². The lowest BCUT2D eigenvalue weighted by Crippen LogP contribution is -2.44. The Bertz CT molecular complexity index is 2300. The van der Waals surface area contributed by atoms with Crippen LogP contribution in [0.4, 0.5) is 33.3 Å². The Kier molecular flexibility index (Phi) is 19.1. The highest BCUT2D eigenvalue weighted by atomic mass is 32.1. The van der Waals surface area contributed by atoms with Gasteiger partial charge >= 0.3 is 6.18 Å². The van der Waals surface area contributed by atoms with Crippen molar-refractivity contribution >= 4 is 40.5 Å². The predicted octanol–water partition coefficient (Wildman–Crippen LogP) is 6.18. The average Bonchev–Trinajstić information content (AvgIpc) is 3.47.